The topological polar surface area (TPSA) is 21.3 Å². The van der Waals surface area contributed by atoms with E-state index in [-0.39, 0.29) is 5.82 Å². The molecule has 0 aromatic heterocycles. The van der Waals surface area contributed by atoms with Crippen molar-refractivity contribution in [3.8, 4) is 11.5 Å². The van der Waals surface area contributed by atoms with Crippen molar-refractivity contribution < 1.29 is 9.13 Å². The fraction of sp³-hybridized carbons (Fsp3) is 0.200. The first-order chi connectivity index (χ1) is 8.69. The zero-order valence-corrected chi connectivity index (χ0v) is 10.5. The molecule has 0 aliphatic heterocycles. The van der Waals surface area contributed by atoms with Crippen molar-refractivity contribution >= 4 is 0 Å². The Morgan fingerprint density at radius 2 is 2.00 bits per heavy atom. The van der Waals surface area contributed by atoms with Crippen LogP contribution in [-0.2, 0) is 6.54 Å². The molecule has 0 saturated heterocycles. The number of benzene rings is 2. The van der Waals surface area contributed by atoms with E-state index in [4.69, 9.17) is 4.74 Å². The minimum Gasteiger partial charge on any atom is -0.457 e. The van der Waals surface area contributed by atoms with Crippen LogP contribution in [0, 0.1) is 12.7 Å². The summed E-state index contributed by atoms with van der Waals surface area (Å²) in [5.41, 5.74) is 1.93. The predicted octanol–water partition coefficient (Wildman–Crippen LogP) is 3.65. The summed E-state index contributed by atoms with van der Waals surface area (Å²) in [6.45, 7) is 2.62. The first-order valence-corrected chi connectivity index (χ1v) is 5.86. The average Bonchev–Trinajstić information content (AvgIpc) is 2.34. The summed E-state index contributed by atoms with van der Waals surface area (Å²) < 4.78 is 18.7. The number of ether oxygens (including phenoxy) is 1. The average molecular weight is 245 g/mol. The van der Waals surface area contributed by atoms with Gasteiger partial charge in [-0.1, -0.05) is 12.1 Å². The van der Waals surface area contributed by atoms with Crippen molar-refractivity contribution in [1.29, 1.82) is 0 Å². The van der Waals surface area contributed by atoms with Crippen LogP contribution in [0.4, 0.5) is 4.39 Å². The van der Waals surface area contributed by atoms with Gasteiger partial charge in [-0.2, -0.15) is 0 Å². The third kappa shape index (κ3) is 3.08. The van der Waals surface area contributed by atoms with E-state index < -0.39 is 0 Å². The summed E-state index contributed by atoms with van der Waals surface area (Å²) in [4.78, 5) is 0. The molecule has 3 heteroatoms. The molecule has 0 unspecified atom stereocenters. The van der Waals surface area contributed by atoms with Gasteiger partial charge in [-0.05, 0) is 55.4 Å². The molecule has 1 N–H and O–H groups in total. The van der Waals surface area contributed by atoms with E-state index in [0.29, 0.717) is 5.75 Å². The van der Waals surface area contributed by atoms with Gasteiger partial charge < -0.3 is 10.1 Å². The van der Waals surface area contributed by atoms with Gasteiger partial charge in [0.25, 0.3) is 0 Å². The normalized spacial score (nSPS) is 10.4. The van der Waals surface area contributed by atoms with Crippen LogP contribution >= 0.6 is 0 Å². The molecule has 0 radical (unpaired) electrons. The third-order valence-corrected chi connectivity index (χ3v) is 2.64. The largest absolute Gasteiger partial charge is 0.457 e. The molecule has 0 spiro atoms. The number of rotatable bonds is 4. The fourth-order valence-corrected chi connectivity index (χ4v) is 1.78. The lowest BCUT2D eigenvalue weighted by molar-refractivity contribution is 0.475. The molecule has 2 aromatic carbocycles. The number of halogens is 1. The Bertz CT molecular complexity index is 540. The second-order valence-electron chi connectivity index (χ2n) is 4.19. The molecular weight excluding hydrogens is 229 g/mol. The van der Waals surface area contributed by atoms with Gasteiger partial charge >= 0.3 is 0 Å². The molecule has 0 amide bonds. The summed E-state index contributed by atoms with van der Waals surface area (Å²) in [5, 5.41) is 3.09. The van der Waals surface area contributed by atoms with Gasteiger partial charge in [0.2, 0.25) is 0 Å². The highest BCUT2D eigenvalue weighted by molar-refractivity contribution is 5.38. The molecule has 0 bridgehead atoms. The van der Waals surface area contributed by atoms with E-state index in [0.717, 1.165) is 23.4 Å². The molecule has 2 aromatic rings. The Balaban J connectivity index is 2.20. The van der Waals surface area contributed by atoms with Crippen LogP contribution in [0.25, 0.3) is 0 Å². The SMILES string of the molecule is CNCc1cccc(Oc2ccc(F)cc2C)c1. The number of nitrogens with one attached hydrogen (secondary N) is 1. The number of hydrogen-bond acceptors (Lipinski definition) is 2. The first kappa shape index (κ1) is 12.6. The van der Waals surface area contributed by atoms with Crippen LogP contribution in [0.2, 0.25) is 0 Å². The van der Waals surface area contributed by atoms with Gasteiger partial charge in [0.15, 0.2) is 0 Å². The maximum Gasteiger partial charge on any atom is 0.130 e. The Morgan fingerprint density at radius 1 is 1.17 bits per heavy atom. The first-order valence-electron chi connectivity index (χ1n) is 5.86. The maximum absolute atomic E-state index is 13.0. The third-order valence-electron chi connectivity index (χ3n) is 2.64. The summed E-state index contributed by atoms with van der Waals surface area (Å²) in [6.07, 6.45) is 0. The molecule has 2 nitrogen and oxygen atoms in total. The van der Waals surface area contributed by atoms with Crippen LogP contribution in [-0.4, -0.2) is 7.05 Å². The van der Waals surface area contributed by atoms with Crippen LogP contribution in [0.5, 0.6) is 11.5 Å². The lowest BCUT2D eigenvalue weighted by Gasteiger charge is -2.10. The van der Waals surface area contributed by atoms with Gasteiger partial charge in [0.1, 0.15) is 17.3 Å². The van der Waals surface area contributed by atoms with Gasteiger partial charge in [-0.15, -0.1) is 0 Å². The van der Waals surface area contributed by atoms with Gasteiger partial charge in [0, 0.05) is 6.54 Å². The lowest BCUT2D eigenvalue weighted by atomic mass is 10.2. The molecule has 0 heterocycles. The minimum absolute atomic E-state index is 0.246. The molecule has 0 saturated carbocycles. The Morgan fingerprint density at radius 3 is 2.72 bits per heavy atom. The highest BCUT2D eigenvalue weighted by Gasteiger charge is 2.03. The second-order valence-corrected chi connectivity index (χ2v) is 4.19. The van der Waals surface area contributed by atoms with Crippen molar-refractivity contribution in [2.24, 2.45) is 0 Å². The van der Waals surface area contributed by atoms with Gasteiger partial charge in [-0.25, -0.2) is 4.39 Å². The van der Waals surface area contributed by atoms with Crippen molar-refractivity contribution in [2.45, 2.75) is 13.5 Å². The molecule has 18 heavy (non-hydrogen) atoms. The van der Waals surface area contributed by atoms with Crippen molar-refractivity contribution in [1.82, 2.24) is 5.32 Å². The summed E-state index contributed by atoms with van der Waals surface area (Å²) >= 11 is 0. The highest BCUT2D eigenvalue weighted by atomic mass is 19.1. The molecule has 0 aliphatic rings. The van der Waals surface area contributed by atoms with Crippen LogP contribution < -0.4 is 10.1 Å². The van der Waals surface area contributed by atoms with Crippen molar-refractivity contribution in [3.05, 3.63) is 59.4 Å². The van der Waals surface area contributed by atoms with Crippen LogP contribution in [0.3, 0.4) is 0 Å². The standard InChI is InChI=1S/C15H16FNO/c1-11-8-13(16)6-7-15(11)18-14-5-3-4-12(9-14)10-17-2/h3-9,17H,10H2,1-2H3. The smallest absolute Gasteiger partial charge is 0.130 e. The fourth-order valence-electron chi connectivity index (χ4n) is 1.78. The zero-order chi connectivity index (χ0) is 13.0. The van der Waals surface area contributed by atoms with E-state index in [9.17, 15) is 4.39 Å². The highest BCUT2D eigenvalue weighted by Crippen LogP contribution is 2.26. The van der Waals surface area contributed by atoms with E-state index in [1.54, 1.807) is 6.07 Å². The maximum atomic E-state index is 13.0. The van der Waals surface area contributed by atoms with E-state index in [1.807, 2.05) is 38.2 Å². The van der Waals surface area contributed by atoms with Gasteiger partial charge in [-0.3, -0.25) is 0 Å². The Labute approximate surface area is 106 Å². The van der Waals surface area contributed by atoms with E-state index in [1.165, 1.54) is 12.1 Å². The summed E-state index contributed by atoms with van der Waals surface area (Å²) in [7, 11) is 1.90. The predicted molar refractivity (Wildman–Crippen MR) is 70.4 cm³/mol. The van der Waals surface area contributed by atoms with E-state index in [2.05, 4.69) is 5.32 Å². The van der Waals surface area contributed by atoms with Crippen LogP contribution in [0.1, 0.15) is 11.1 Å². The second kappa shape index (κ2) is 5.65. The van der Waals surface area contributed by atoms with Gasteiger partial charge in [0.05, 0.1) is 0 Å². The quantitative estimate of drug-likeness (QED) is 0.887. The molecule has 94 valence electrons. The molecule has 0 fully saturated rings. The Kier molecular flexibility index (Phi) is 3.95. The molecule has 0 atom stereocenters. The van der Waals surface area contributed by atoms with Crippen molar-refractivity contribution in [3.63, 3.8) is 0 Å². The summed E-state index contributed by atoms with van der Waals surface area (Å²) in [5.74, 6) is 1.19. The van der Waals surface area contributed by atoms with E-state index >= 15 is 0 Å². The molecular formula is C15H16FNO. The number of aryl methyl sites for hydroxylation is 1. The Hall–Kier alpha value is -1.87. The lowest BCUT2D eigenvalue weighted by Crippen LogP contribution is -2.04. The minimum atomic E-state index is -0.246. The van der Waals surface area contributed by atoms with Crippen molar-refractivity contribution in [2.75, 3.05) is 7.05 Å². The monoisotopic (exact) mass is 245 g/mol. The molecule has 2 rings (SSSR count). The van der Waals surface area contributed by atoms with Crippen LogP contribution in [0.15, 0.2) is 42.5 Å². The zero-order valence-electron chi connectivity index (χ0n) is 10.5. The number of hydrogen-bond donors (Lipinski definition) is 1. The molecule has 0 aliphatic carbocycles. The summed E-state index contributed by atoms with van der Waals surface area (Å²) in [6, 6.07) is 12.4.